The summed E-state index contributed by atoms with van der Waals surface area (Å²) in [5.41, 5.74) is 1.21. The van der Waals surface area contributed by atoms with Gasteiger partial charge in [0.2, 0.25) is 0 Å². The maximum atomic E-state index is 5.92. The van der Waals surface area contributed by atoms with Gasteiger partial charge in [0.1, 0.15) is 12.4 Å². The Hall–Kier alpha value is -0.580. The number of nitrogens with one attached hydrogen (secondary N) is 1. The number of rotatable bonds is 10. The topological polar surface area (TPSA) is 30.5 Å². The number of hydrogen-bond acceptors (Lipinski definition) is 3. The van der Waals surface area contributed by atoms with E-state index in [2.05, 4.69) is 47.2 Å². The standard InChI is InChI=1S/C17H26BrNO2/c1-13(2)8-9-20-10-11-21-17-14(4-3-5-16(17)18)12-19-15-6-7-15/h3-5,13,15,19H,6-12H2,1-2H3. The van der Waals surface area contributed by atoms with E-state index in [0.717, 1.165) is 29.8 Å². The van der Waals surface area contributed by atoms with Crippen LogP contribution in [0.3, 0.4) is 0 Å². The van der Waals surface area contributed by atoms with Crippen LogP contribution in [0.1, 0.15) is 38.7 Å². The lowest BCUT2D eigenvalue weighted by Gasteiger charge is -2.14. The fraction of sp³-hybridized carbons (Fsp3) is 0.647. The molecular formula is C17H26BrNO2. The molecule has 0 aromatic heterocycles. The minimum atomic E-state index is 0.594. The summed E-state index contributed by atoms with van der Waals surface area (Å²) in [5, 5.41) is 3.53. The Morgan fingerprint density at radius 1 is 1.24 bits per heavy atom. The molecular weight excluding hydrogens is 330 g/mol. The predicted octanol–water partition coefficient (Wildman–Crippen LogP) is 4.14. The van der Waals surface area contributed by atoms with E-state index in [-0.39, 0.29) is 0 Å². The van der Waals surface area contributed by atoms with Crippen LogP contribution in [0.5, 0.6) is 5.75 Å². The molecule has 2 rings (SSSR count). The Morgan fingerprint density at radius 3 is 2.76 bits per heavy atom. The third-order valence-electron chi connectivity index (χ3n) is 3.52. The van der Waals surface area contributed by atoms with Crippen molar-refractivity contribution in [1.82, 2.24) is 5.32 Å². The molecule has 1 N–H and O–H groups in total. The third-order valence-corrected chi connectivity index (χ3v) is 4.15. The van der Waals surface area contributed by atoms with Gasteiger partial charge in [-0.3, -0.25) is 0 Å². The van der Waals surface area contributed by atoms with E-state index in [1.165, 1.54) is 18.4 Å². The van der Waals surface area contributed by atoms with E-state index in [0.29, 0.717) is 25.2 Å². The van der Waals surface area contributed by atoms with Crippen molar-refractivity contribution in [2.24, 2.45) is 5.92 Å². The predicted molar refractivity (Wildman–Crippen MR) is 89.8 cm³/mol. The van der Waals surface area contributed by atoms with Gasteiger partial charge in [-0.25, -0.2) is 0 Å². The van der Waals surface area contributed by atoms with Crippen LogP contribution < -0.4 is 10.1 Å². The largest absolute Gasteiger partial charge is 0.490 e. The molecule has 0 radical (unpaired) electrons. The lowest BCUT2D eigenvalue weighted by atomic mass is 10.1. The number of benzene rings is 1. The summed E-state index contributed by atoms with van der Waals surface area (Å²) >= 11 is 3.58. The normalized spacial score (nSPS) is 14.7. The van der Waals surface area contributed by atoms with Crippen molar-refractivity contribution < 1.29 is 9.47 Å². The van der Waals surface area contributed by atoms with Crippen molar-refractivity contribution in [2.75, 3.05) is 19.8 Å². The Morgan fingerprint density at radius 2 is 2.05 bits per heavy atom. The molecule has 1 aliphatic rings. The Bertz CT molecular complexity index is 433. The van der Waals surface area contributed by atoms with Crippen LogP contribution in [0.25, 0.3) is 0 Å². The second-order valence-corrected chi connectivity index (χ2v) is 6.88. The first-order chi connectivity index (χ1) is 10.2. The highest BCUT2D eigenvalue weighted by molar-refractivity contribution is 9.10. The van der Waals surface area contributed by atoms with Crippen LogP contribution in [0, 0.1) is 5.92 Å². The van der Waals surface area contributed by atoms with Crippen LogP contribution in [-0.4, -0.2) is 25.9 Å². The fourth-order valence-electron chi connectivity index (χ4n) is 2.02. The van der Waals surface area contributed by atoms with Gasteiger partial charge in [-0.05, 0) is 47.2 Å². The smallest absolute Gasteiger partial charge is 0.138 e. The molecule has 1 aromatic rings. The molecule has 1 fully saturated rings. The minimum absolute atomic E-state index is 0.594. The Labute approximate surface area is 136 Å². The molecule has 0 saturated heterocycles. The lowest BCUT2D eigenvalue weighted by molar-refractivity contribution is 0.0920. The molecule has 0 bridgehead atoms. The molecule has 0 heterocycles. The summed E-state index contributed by atoms with van der Waals surface area (Å²) in [7, 11) is 0. The summed E-state index contributed by atoms with van der Waals surface area (Å²) < 4.78 is 12.5. The molecule has 0 atom stereocenters. The summed E-state index contributed by atoms with van der Waals surface area (Å²) in [4.78, 5) is 0. The Kier molecular flexibility index (Phi) is 7.00. The Balaban J connectivity index is 1.75. The molecule has 1 aromatic carbocycles. The van der Waals surface area contributed by atoms with E-state index < -0.39 is 0 Å². The molecule has 0 unspecified atom stereocenters. The van der Waals surface area contributed by atoms with Crippen LogP contribution >= 0.6 is 15.9 Å². The number of hydrogen-bond donors (Lipinski definition) is 1. The molecule has 0 aliphatic heterocycles. The van der Waals surface area contributed by atoms with Gasteiger partial charge in [0, 0.05) is 24.8 Å². The van der Waals surface area contributed by atoms with Gasteiger partial charge in [-0.15, -0.1) is 0 Å². The highest BCUT2D eigenvalue weighted by Gasteiger charge is 2.20. The summed E-state index contributed by atoms with van der Waals surface area (Å²) in [6.07, 6.45) is 3.70. The first-order valence-corrected chi connectivity index (χ1v) is 8.67. The molecule has 4 heteroatoms. The average molecular weight is 356 g/mol. The van der Waals surface area contributed by atoms with Crippen molar-refractivity contribution >= 4 is 15.9 Å². The van der Waals surface area contributed by atoms with Crippen molar-refractivity contribution in [1.29, 1.82) is 0 Å². The van der Waals surface area contributed by atoms with Gasteiger partial charge >= 0.3 is 0 Å². The molecule has 1 aliphatic carbocycles. The van der Waals surface area contributed by atoms with Gasteiger partial charge in [0.05, 0.1) is 11.1 Å². The van der Waals surface area contributed by atoms with Gasteiger partial charge in [-0.2, -0.15) is 0 Å². The average Bonchev–Trinajstić information content (AvgIpc) is 3.26. The number of para-hydroxylation sites is 1. The van der Waals surface area contributed by atoms with Gasteiger partial charge in [0.25, 0.3) is 0 Å². The summed E-state index contributed by atoms with van der Waals surface area (Å²) in [5.74, 6) is 1.63. The van der Waals surface area contributed by atoms with Crippen LogP contribution in [-0.2, 0) is 11.3 Å². The van der Waals surface area contributed by atoms with Crippen molar-refractivity contribution in [3.05, 3.63) is 28.2 Å². The van der Waals surface area contributed by atoms with Crippen LogP contribution in [0.15, 0.2) is 22.7 Å². The third kappa shape index (κ3) is 6.37. The van der Waals surface area contributed by atoms with Gasteiger partial charge in [0.15, 0.2) is 0 Å². The first kappa shape index (κ1) is 16.8. The van der Waals surface area contributed by atoms with Crippen molar-refractivity contribution in [2.45, 2.75) is 45.7 Å². The minimum Gasteiger partial charge on any atom is -0.490 e. The molecule has 3 nitrogen and oxygen atoms in total. The van der Waals surface area contributed by atoms with E-state index in [4.69, 9.17) is 9.47 Å². The number of halogens is 1. The first-order valence-electron chi connectivity index (χ1n) is 7.88. The zero-order valence-corrected chi connectivity index (χ0v) is 14.6. The maximum Gasteiger partial charge on any atom is 0.138 e. The van der Waals surface area contributed by atoms with Gasteiger partial charge in [-0.1, -0.05) is 26.0 Å². The molecule has 0 amide bonds. The monoisotopic (exact) mass is 355 g/mol. The van der Waals surface area contributed by atoms with Gasteiger partial charge < -0.3 is 14.8 Å². The highest BCUT2D eigenvalue weighted by Crippen LogP contribution is 2.30. The van der Waals surface area contributed by atoms with Crippen molar-refractivity contribution in [3.63, 3.8) is 0 Å². The SMILES string of the molecule is CC(C)CCOCCOc1c(Br)cccc1CNC1CC1. The highest BCUT2D eigenvalue weighted by atomic mass is 79.9. The molecule has 118 valence electrons. The maximum absolute atomic E-state index is 5.92. The second kappa shape index (κ2) is 8.76. The van der Waals surface area contributed by atoms with E-state index in [9.17, 15) is 0 Å². The van der Waals surface area contributed by atoms with E-state index in [1.54, 1.807) is 0 Å². The van der Waals surface area contributed by atoms with Crippen LogP contribution in [0.2, 0.25) is 0 Å². The fourth-order valence-corrected chi connectivity index (χ4v) is 2.54. The zero-order valence-electron chi connectivity index (χ0n) is 13.0. The zero-order chi connectivity index (χ0) is 15.1. The van der Waals surface area contributed by atoms with Crippen LogP contribution in [0.4, 0.5) is 0 Å². The van der Waals surface area contributed by atoms with E-state index >= 15 is 0 Å². The summed E-state index contributed by atoms with van der Waals surface area (Å²) in [6.45, 7) is 7.33. The lowest BCUT2D eigenvalue weighted by Crippen LogP contribution is -2.17. The molecule has 0 spiro atoms. The molecule has 21 heavy (non-hydrogen) atoms. The summed E-state index contributed by atoms with van der Waals surface area (Å²) in [6, 6.07) is 6.90. The molecule has 1 saturated carbocycles. The second-order valence-electron chi connectivity index (χ2n) is 6.03. The van der Waals surface area contributed by atoms with Crippen molar-refractivity contribution in [3.8, 4) is 5.75 Å². The number of ether oxygens (including phenoxy) is 2. The van der Waals surface area contributed by atoms with E-state index in [1.807, 2.05) is 6.07 Å². The quantitative estimate of drug-likeness (QED) is 0.639.